The van der Waals surface area contributed by atoms with Gasteiger partial charge in [0.05, 0.1) is 5.69 Å². The molecule has 0 aliphatic carbocycles. The van der Waals surface area contributed by atoms with Gasteiger partial charge >= 0.3 is 0 Å². The maximum absolute atomic E-state index is 13.2. The molecule has 146 valence electrons. The molecule has 0 spiro atoms. The number of halogens is 1. The minimum absolute atomic E-state index is 0.0392. The van der Waals surface area contributed by atoms with Gasteiger partial charge in [-0.1, -0.05) is 35.9 Å². The van der Waals surface area contributed by atoms with E-state index in [0.717, 1.165) is 53.4 Å². The SMILES string of the molecule is Cc1cccn2c(CNCc3ccccc3Cl)c(C(=O)N3CCCCC3)nc12. The molecule has 4 rings (SSSR count). The van der Waals surface area contributed by atoms with Crippen LogP contribution >= 0.6 is 11.6 Å². The number of nitrogens with zero attached hydrogens (tertiary/aromatic N) is 3. The average Bonchev–Trinajstić information content (AvgIpc) is 3.09. The van der Waals surface area contributed by atoms with E-state index in [-0.39, 0.29) is 5.91 Å². The zero-order valence-electron chi connectivity index (χ0n) is 16.1. The van der Waals surface area contributed by atoms with Gasteiger partial charge in [-0.3, -0.25) is 4.79 Å². The molecular weight excluding hydrogens is 372 g/mol. The number of pyridine rings is 1. The van der Waals surface area contributed by atoms with Crippen molar-refractivity contribution in [2.75, 3.05) is 13.1 Å². The van der Waals surface area contributed by atoms with E-state index < -0.39 is 0 Å². The second-order valence-corrected chi connectivity index (χ2v) is 7.75. The minimum Gasteiger partial charge on any atom is -0.337 e. The first kappa shape index (κ1) is 19.0. The number of benzene rings is 1. The van der Waals surface area contributed by atoms with Crippen LogP contribution in [0, 0.1) is 6.92 Å². The summed E-state index contributed by atoms with van der Waals surface area (Å²) in [7, 11) is 0. The molecule has 6 heteroatoms. The monoisotopic (exact) mass is 396 g/mol. The predicted molar refractivity (Wildman–Crippen MR) is 112 cm³/mol. The van der Waals surface area contributed by atoms with Crippen molar-refractivity contribution in [2.24, 2.45) is 0 Å². The van der Waals surface area contributed by atoms with Crippen LogP contribution in [0.15, 0.2) is 42.6 Å². The lowest BCUT2D eigenvalue weighted by Crippen LogP contribution is -2.36. The molecule has 0 radical (unpaired) electrons. The van der Waals surface area contributed by atoms with E-state index in [1.807, 2.05) is 58.8 Å². The van der Waals surface area contributed by atoms with E-state index in [1.54, 1.807) is 0 Å². The Kier molecular flexibility index (Phi) is 5.64. The van der Waals surface area contributed by atoms with Crippen LogP contribution in [0.1, 0.15) is 46.6 Å². The fraction of sp³-hybridized carbons (Fsp3) is 0.364. The fourth-order valence-corrected chi connectivity index (χ4v) is 4.00. The van der Waals surface area contributed by atoms with Gasteiger partial charge in [-0.2, -0.15) is 0 Å². The molecule has 1 amide bonds. The Morgan fingerprint density at radius 3 is 2.68 bits per heavy atom. The maximum atomic E-state index is 13.2. The number of aromatic nitrogens is 2. The van der Waals surface area contributed by atoms with Crippen molar-refractivity contribution in [1.82, 2.24) is 19.6 Å². The van der Waals surface area contributed by atoms with Gasteiger partial charge < -0.3 is 14.6 Å². The first-order valence-electron chi connectivity index (χ1n) is 9.85. The van der Waals surface area contributed by atoms with Gasteiger partial charge in [-0.25, -0.2) is 4.98 Å². The minimum atomic E-state index is 0.0392. The summed E-state index contributed by atoms with van der Waals surface area (Å²) < 4.78 is 2.03. The molecule has 0 bridgehead atoms. The highest BCUT2D eigenvalue weighted by Gasteiger charge is 2.25. The summed E-state index contributed by atoms with van der Waals surface area (Å²) in [5.74, 6) is 0.0392. The van der Waals surface area contributed by atoms with Crippen molar-refractivity contribution in [3.8, 4) is 0 Å². The Labute approximate surface area is 170 Å². The van der Waals surface area contributed by atoms with E-state index in [9.17, 15) is 4.79 Å². The van der Waals surface area contributed by atoms with Gasteiger partial charge in [0.2, 0.25) is 0 Å². The number of piperidine rings is 1. The summed E-state index contributed by atoms with van der Waals surface area (Å²) in [6.07, 6.45) is 5.31. The number of likely N-dealkylation sites (tertiary alicyclic amines) is 1. The number of hydrogen-bond acceptors (Lipinski definition) is 3. The summed E-state index contributed by atoms with van der Waals surface area (Å²) in [4.78, 5) is 19.9. The quantitative estimate of drug-likeness (QED) is 0.702. The highest BCUT2D eigenvalue weighted by atomic mass is 35.5. The van der Waals surface area contributed by atoms with Crippen LogP contribution < -0.4 is 5.32 Å². The normalized spacial score (nSPS) is 14.6. The standard InChI is InChI=1S/C22H25ClN4O/c1-16-8-7-13-27-19(15-24-14-17-9-3-4-10-18(17)23)20(25-21(16)27)22(28)26-11-5-2-6-12-26/h3-4,7-10,13,24H,2,5-6,11-12,14-15H2,1H3. The Morgan fingerprint density at radius 1 is 1.11 bits per heavy atom. The van der Waals surface area contributed by atoms with Crippen LogP contribution in [0.3, 0.4) is 0 Å². The Morgan fingerprint density at radius 2 is 1.89 bits per heavy atom. The lowest BCUT2D eigenvalue weighted by molar-refractivity contribution is 0.0717. The molecular formula is C22H25ClN4O. The van der Waals surface area contributed by atoms with E-state index in [2.05, 4.69) is 5.32 Å². The molecule has 1 saturated heterocycles. The number of rotatable bonds is 5. The van der Waals surface area contributed by atoms with Crippen molar-refractivity contribution in [1.29, 1.82) is 0 Å². The molecule has 5 nitrogen and oxygen atoms in total. The smallest absolute Gasteiger partial charge is 0.274 e. The third kappa shape index (κ3) is 3.77. The molecule has 2 aromatic heterocycles. The number of carbonyl (C=O) groups excluding carboxylic acids is 1. The number of nitrogens with one attached hydrogen (secondary N) is 1. The molecule has 1 N–H and O–H groups in total. The summed E-state index contributed by atoms with van der Waals surface area (Å²) in [5.41, 5.74) is 4.41. The van der Waals surface area contributed by atoms with Gasteiger partial charge in [-0.05, 0) is 49.4 Å². The number of aryl methyl sites for hydroxylation is 1. The molecule has 1 aromatic carbocycles. The zero-order valence-corrected chi connectivity index (χ0v) is 16.9. The summed E-state index contributed by atoms with van der Waals surface area (Å²) in [6.45, 7) is 4.84. The second-order valence-electron chi connectivity index (χ2n) is 7.34. The third-order valence-electron chi connectivity index (χ3n) is 5.36. The van der Waals surface area contributed by atoms with Gasteiger partial charge in [0.15, 0.2) is 5.69 Å². The number of fused-ring (bicyclic) bond motifs is 1. The number of amides is 1. The van der Waals surface area contributed by atoms with Crippen molar-refractivity contribution < 1.29 is 4.79 Å². The van der Waals surface area contributed by atoms with Crippen LogP contribution in [-0.2, 0) is 13.1 Å². The Bertz CT molecular complexity index is 991. The van der Waals surface area contributed by atoms with Gasteiger partial charge in [0.25, 0.3) is 5.91 Å². The molecule has 1 aliphatic heterocycles. The van der Waals surface area contributed by atoms with Crippen LogP contribution in [0.5, 0.6) is 0 Å². The Balaban J connectivity index is 1.62. The van der Waals surface area contributed by atoms with Crippen LogP contribution in [0.4, 0.5) is 0 Å². The molecule has 3 aromatic rings. The zero-order chi connectivity index (χ0) is 19.5. The van der Waals surface area contributed by atoms with E-state index in [1.165, 1.54) is 6.42 Å². The maximum Gasteiger partial charge on any atom is 0.274 e. The fourth-order valence-electron chi connectivity index (χ4n) is 3.80. The van der Waals surface area contributed by atoms with E-state index in [0.29, 0.717) is 18.8 Å². The highest BCUT2D eigenvalue weighted by Crippen LogP contribution is 2.20. The molecule has 3 heterocycles. The van der Waals surface area contributed by atoms with Crippen LogP contribution in [-0.4, -0.2) is 33.3 Å². The summed E-state index contributed by atoms with van der Waals surface area (Å²) in [5, 5.41) is 4.18. The summed E-state index contributed by atoms with van der Waals surface area (Å²) >= 11 is 6.27. The number of imidazole rings is 1. The second kappa shape index (κ2) is 8.33. The average molecular weight is 397 g/mol. The lowest BCUT2D eigenvalue weighted by Gasteiger charge is -2.26. The van der Waals surface area contributed by atoms with Gasteiger partial charge in [0, 0.05) is 37.4 Å². The van der Waals surface area contributed by atoms with E-state index in [4.69, 9.17) is 16.6 Å². The van der Waals surface area contributed by atoms with Crippen molar-refractivity contribution in [3.05, 3.63) is 70.1 Å². The molecule has 0 saturated carbocycles. The van der Waals surface area contributed by atoms with E-state index >= 15 is 0 Å². The third-order valence-corrected chi connectivity index (χ3v) is 5.72. The van der Waals surface area contributed by atoms with Gasteiger partial charge in [0.1, 0.15) is 5.65 Å². The van der Waals surface area contributed by atoms with Crippen molar-refractivity contribution in [3.63, 3.8) is 0 Å². The molecule has 0 unspecified atom stereocenters. The van der Waals surface area contributed by atoms with Crippen LogP contribution in [0.2, 0.25) is 5.02 Å². The highest BCUT2D eigenvalue weighted by molar-refractivity contribution is 6.31. The van der Waals surface area contributed by atoms with Gasteiger partial charge in [-0.15, -0.1) is 0 Å². The number of hydrogen-bond donors (Lipinski definition) is 1. The largest absolute Gasteiger partial charge is 0.337 e. The van der Waals surface area contributed by atoms with Crippen LogP contribution in [0.25, 0.3) is 5.65 Å². The molecule has 1 aliphatic rings. The number of carbonyl (C=O) groups is 1. The molecule has 28 heavy (non-hydrogen) atoms. The van der Waals surface area contributed by atoms with Crippen molar-refractivity contribution in [2.45, 2.75) is 39.3 Å². The predicted octanol–water partition coefficient (Wildman–Crippen LogP) is 4.21. The topological polar surface area (TPSA) is 49.6 Å². The first-order valence-corrected chi connectivity index (χ1v) is 10.2. The lowest BCUT2D eigenvalue weighted by atomic mass is 10.1. The van der Waals surface area contributed by atoms with Crippen molar-refractivity contribution >= 4 is 23.2 Å². The molecule has 0 atom stereocenters. The first-order chi connectivity index (χ1) is 13.6. The molecule has 1 fully saturated rings. The Hall–Kier alpha value is -2.37. The summed E-state index contributed by atoms with van der Waals surface area (Å²) in [6, 6.07) is 11.8.